The van der Waals surface area contributed by atoms with Gasteiger partial charge in [-0.3, -0.25) is 9.69 Å². The molecule has 1 N–H and O–H groups in total. The standard InChI is InChI=1S/C24H23FN6O3S/c1-34-20-4-2-3-16(13-20)22-28-31-21(32)14-19(27-24(31)35-22)15-29-9-11-30(12-10-29)23(33)26-18-7-5-17(25)6-8-18/h2-8,13-14H,9-12,15H2,1H3,(H,26,33). The van der Waals surface area contributed by atoms with E-state index >= 15 is 0 Å². The third-order valence-corrected chi connectivity index (χ3v) is 6.71. The highest BCUT2D eigenvalue weighted by Gasteiger charge is 2.22. The molecule has 4 aromatic rings. The van der Waals surface area contributed by atoms with Crippen molar-refractivity contribution in [3.05, 3.63) is 76.5 Å². The highest BCUT2D eigenvalue weighted by Crippen LogP contribution is 2.27. The van der Waals surface area contributed by atoms with Crippen LogP contribution in [-0.2, 0) is 6.54 Å². The number of nitrogens with zero attached hydrogens (tertiary/aromatic N) is 5. The molecule has 2 amide bonds. The van der Waals surface area contributed by atoms with Gasteiger partial charge in [-0.05, 0) is 36.4 Å². The van der Waals surface area contributed by atoms with Crippen molar-refractivity contribution in [2.75, 3.05) is 38.6 Å². The number of piperazine rings is 1. The molecule has 0 atom stereocenters. The van der Waals surface area contributed by atoms with E-state index in [9.17, 15) is 14.0 Å². The first-order valence-electron chi connectivity index (χ1n) is 11.1. The van der Waals surface area contributed by atoms with E-state index in [2.05, 4.69) is 20.3 Å². The Kier molecular flexibility index (Phi) is 6.43. The van der Waals surface area contributed by atoms with Gasteiger partial charge in [0.25, 0.3) is 5.56 Å². The Morgan fingerprint density at radius 3 is 2.63 bits per heavy atom. The lowest BCUT2D eigenvalue weighted by Gasteiger charge is -2.34. The number of carbonyl (C=O) groups excluding carboxylic acids is 1. The van der Waals surface area contributed by atoms with Crippen molar-refractivity contribution in [1.82, 2.24) is 24.4 Å². The summed E-state index contributed by atoms with van der Waals surface area (Å²) in [6.45, 7) is 2.88. The number of fused-ring (bicyclic) bond motifs is 1. The van der Waals surface area contributed by atoms with Crippen molar-refractivity contribution < 1.29 is 13.9 Å². The molecule has 180 valence electrons. The van der Waals surface area contributed by atoms with Gasteiger partial charge in [0.05, 0.1) is 12.8 Å². The number of aromatic nitrogens is 3. The Hall–Kier alpha value is -3.83. The summed E-state index contributed by atoms with van der Waals surface area (Å²) in [5.41, 5.74) is 1.85. The molecule has 1 aliphatic heterocycles. The zero-order valence-electron chi connectivity index (χ0n) is 19.0. The number of carbonyl (C=O) groups is 1. The van der Waals surface area contributed by atoms with Gasteiger partial charge < -0.3 is 15.0 Å². The monoisotopic (exact) mass is 494 g/mol. The second-order valence-corrected chi connectivity index (χ2v) is 9.08. The second-order valence-electron chi connectivity index (χ2n) is 8.12. The van der Waals surface area contributed by atoms with Crippen LogP contribution in [0.2, 0.25) is 0 Å². The van der Waals surface area contributed by atoms with Gasteiger partial charge in [0.1, 0.15) is 16.6 Å². The number of methoxy groups -OCH3 is 1. The minimum atomic E-state index is -0.349. The summed E-state index contributed by atoms with van der Waals surface area (Å²) in [6, 6.07) is 14.5. The van der Waals surface area contributed by atoms with Crippen molar-refractivity contribution in [1.29, 1.82) is 0 Å². The first-order valence-corrected chi connectivity index (χ1v) is 11.9. The summed E-state index contributed by atoms with van der Waals surface area (Å²) in [7, 11) is 1.60. The maximum atomic E-state index is 13.1. The molecule has 0 aliphatic carbocycles. The molecule has 0 spiro atoms. The smallest absolute Gasteiger partial charge is 0.321 e. The van der Waals surface area contributed by atoms with Gasteiger partial charge >= 0.3 is 6.03 Å². The van der Waals surface area contributed by atoms with E-state index < -0.39 is 0 Å². The lowest BCUT2D eigenvalue weighted by Crippen LogP contribution is -2.49. The molecule has 35 heavy (non-hydrogen) atoms. The predicted octanol–water partition coefficient (Wildman–Crippen LogP) is 3.32. The van der Waals surface area contributed by atoms with Crippen molar-refractivity contribution in [2.24, 2.45) is 0 Å². The molecule has 2 aromatic carbocycles. The fraction of sp³-hybridized carbons (Fsp3) is 0.250. The van der Waals surface area contributed by atoms with Gasteiger partial charge in [0.15, 0.2) is 0 Å². The summed E-state index contributed by atoms with van der Waals surface area (Å²) in [5, 5.41) is 7.91. The molecule has 3 heterocycles. The third-order valence-electron chi connectivity index (χ3n) is 5.76. The van der Waals surface area contributed by atoms with Crippen molar-refractivity contribution in [3.63, 3.8) is 0 Å². The number of rotatable bonds is 5. The topological polar surface area (TPSA) is 92.1 Å². The Balaban J connectivity index is 1.23. The Morgan fingerprint density at radius 1 is 1.11 bits per heavy atom. The number of amides is 2. The minimum absolute atomic E-state index is 0.219. The van der Waals surface area contributed by atoms with Crippen LogP contribution in [0.1, 0.15) is 5.69 Å². The fourth-order valence-electron chi connectivity index (χ4n) is 3.88. The zero-order valence-corrected chi connectivity index (χ0v) is 19.8. The molecule has 1 aliphatic rings. The van der Waals surface area contributed by atoms with E-state index in [1.807, 2.05) is 24.3 Å². The van der Waals surface area contributed by atoms with Crippen LogP contribution in [0.4, 0.5) is 14.9 Å². The van der Waals surface area contributed by atoms with Crippen molar-refractivity contribution in [2.45, 2.75) is 6.54 Å². The summed E-state index contributed by atoms with van der Waals surface area (Å²) >= 11 is 1.35. The van der Waals surface area contributed by atoms with Crippen LogP contribution < -0.4 is 15.6 Å². The first kappa shape index (κ1) is 22.9. The van der Waals surface area contributed by atoms with Crippen LogP contribution >= 0.6 is 11.3 Å². The van der Waals surface area contributed by atoms with Gasteiger partial charge in [0.2, 0.25) is 4.96 Å². The number of halogens is 1. The molecule has 5 rings (SSSR count). The van der Waals surface area contributed by atoms with Gasteiger partial charge in [0, 0.05) is 50.0 Å². The molecule has 0 unspecified atom stereocenters. The molecule has 0 bridgehead atoms. The van der Waals surface area contributed by atoms with E-state index in [0.29, 0.717) is 59.8 Å². The van der Waals surface area contributed by atoms with Crippen LogP contribution in [-0.4, -0.2) is 63.7 Å². The Morgan fingerprint density at radius 2 is 1.89 bits per heavy atom. The number of benzene rings is 2. The second kappa shape index (κ2) is 9.80. The fourth-order valence-corrected chi connectivity index (χ4v) is 4.80. The predicted molar refractivity (Wildman–Crippen MR) is 131 cm³/mol. The SMILES string of the molecule is COc1cccc(-c2nn3c(=O)cc(CN4CCN(C(=O)Nc5ccc(F)cc5)CC4)nc3s2)c1. The minimum Gasteiger partial charge on any atom is -0.497 e. The van der Waals surface area contributed by atoms with E-state index in [-0.39, 0.29) is 17.4 Å². The largest absolute Gasteiger partial charge is 0.497 e. The number of hydrogen-bond acceptors (Lipinski definition) is 7. The van der Waals surface area contributed by atoms with Gasteiger partial charge in [-0.15, -0.1) is 0 Å². The summed E-state index contributed by atoms with van der Waals surface area (Å²) in [6.07, 6.45) is 0. The first-order chi connectivity index (χ1) is 17.0. The highest BCUT2D eigenvalue weighted by atomic mass is 32.1. The van der Waals surface area contributed by atoms with E-state index in [4.69, 9.17) is 4.74 Å². The van der Waals surface area contributed by atoms with Crippen LogP contribution in [0, 0.1) is 5.82 Å². The van der Waals surface area contributed by atoms with Gasteiger partial charge in [-0.25, -0.2) is 14.2 Å². The third kappa shape index (κ3) is 5.15. The molecule has 1 saturated heterocycles. The van der Waals surface area contributed by atoms with Gasteiger partial charge in [-0.2, -0.15) is 9.61 Å². The number of ether oxygens (including phenoxy) is 1. The zero-order chi connectivity index (χ0) is 24.4. The number of anilines is 1. The quantitative estimate of drug-likeness (QED) is 0.458. The molecule has 0 radical (unpaired) electrons. The number of urea groups is 1. The summed E-state index contributed by atoms with van der Waals surface area (Å²) < 4.78 is 19.7. The summed E-state index contributed by atoms with van der Waals surface area (Å²) in [5.74, 6) is 0.367. The molecule has 2 aromatic heterocycles. The Labute approximate surface area is 204 Å². The van der Waals surface area contributed by atoms with Crippen molar-refractivity contribution in [3.8, 4) is 16.3 Å². The molecule has 11 heteroatoms. The molecular weight excluding hydrogens is 471 g/mol. The maximum absolute atomic E-state index is 13.1. The van der Waals surface area contributed by atoms with E-state index in [1.165, 1.54) is 46.2 Å². The average Bonchev–Trinajstić information content (AvgIpc) is 3.31. The lowest BCUT2D eigenvalue weighted by atomic mass is 10.2. The molecule has 1 fully saturated rings. The lowest BCUT2D eigenvalue weighted by molar-refractivity contribution is 0.142. The number of nitrogens with one attached hydrogen (secondary N) is 1. The number of hydrogen-bond donors (Lipinski definition) is 1. The molecular formula is C24H23FN6O3S. The van der Waals surface area contributed by atoms with Crippen molar-refractivity contribution >= 4 is 28.0 Å². The highest BCUT2D eigenvalue weighted by molar-refractivity contribution is 7.19. The van der Waals surface area contributed by atoms with Crippen LogP contribution in [0.25, 0.3) is 15.5 Å². The van der Waals surface area contributed by atoms with Crippen LogP contribution in [0.15, 0.2) is 59.4 Å². The van der Waals surface area contributed by atoms with Gasteiger partial charge in [-0.1, -0.05) is 23.5 Å². The molecule has 0 saturated carbocycles. The Bertz CT molecular complexity index is 1410. The maximum Gasteiger partial charge on any atom is 0.321 e. The van der Waals surface area contributed by atoms with E-state index in [0.717, 1.165) is 5.56 Å². The molecule has 9 nitrogen and oxygen atoms in total. The van der Waals surface area contributed by atoms with Crippen LogP contribution in [0.5, 0.6) is 5.75 Å². The van der Waals surface area contributed by atoms with Crippen LogP contribution in [0.3, 0.4) is 0 Å². The normalized spacial score (nSPS) is 14.3. The van der Waals surface area contributed by atoms with E-state index in [1.54, 1.807) is 12.0 Å². The summed E-state index contributed by atoms with van der Waals surface area (Å²) in [4.78, 5) is 34.2. The average molecular weight is 495 g/mol.